The predicted molar refractivity (Wildman–Crippen MR) is 99.2 cm³/mol. The van der Waals surface area contributed by atoms with Gasteiger partial charge in [-0.2, -0.15) is 0 Å². The van der Waals surface area contributed by atoms with Gasteiger partial charge in [0.1, 0.15) is 23.3 Å². The second-order valence-corrected chi connectivity index (χ2v) is 7.48. The standard InChI is InChI=1S/C18H22NO7P/c1-10-8-14(4-5-16(10)26-27(22,23)24)25-17-11(2)6-13(7-12(17)3)9-15(19)18(20)21/h4-8,15H,9,19H2,1-3H3,(H,20,21)(H2,22,23,24)/t15-/m0/s1. The van der Waals surface area contributed by atoms with Gasteiger partial charge in [0.05, 0.1) is 0 Å². The van der Waals surface area contributed by atoms with Crippen molar-refractivity contribution >= 4 is 13.8 Å². The SMILES string of the molecule is Cc1cc(Oc2c(C)cc(C[C@H](N)C(=O)O)cc2C)ccc1OP(=O)(O)O. The van der Waals surface area contributed by atoms with E-state index in [4.69, 9.17) is 25.4 Å². The molecule has 0 unspecified atom stereocenters. The summed E-state index contributed by atoms with van der Waals surface area (Å²) in [5.41, 5.74) is 8.53. The van der Waals surface area contributed by atoms with Gasteiger partial charge in [-0.3, -0.25) is 14.6 Å². The Labute approximate surface area is 156 Å². The number of carboxylic acids is 1. The lowest BCUT2D eigenvalue weighted by molar-refractivity contribution is -0.138. The zero-order valence-corrected chi connectivity index (χ0v) is 16.1. The summed E-state index contributed by atoms with van der Waals surface area (Å²) >= 11 is 0. The maximum Gasteiger partial charge on any atom is 0.524 e. The molecule has 0 saturated carbocycles. The molecule has 8 nitrogen and oxygen atoms in total. The van der Waals surface area contributed by atoms with Crippen molar-refractivity contribution in [3.05, 3.63) is 52.6 Å². The Hall–Kier alpha value is -2.38. The van der Waals surface area contributed by atoms with E-state index in [0.717, 1.165) is 16.7 Å². The van der Waals surface area contributed by atoms with E-state index in [1.807, 2.05) is 26.0 Å². The van der Waals surface area contributed by atoms with Crippen molar-refractivity contribution in [3.63, 3.8) is 0 Å². The Kier molecular flexibility index (Phi) is 6.28. The van der Waals surface area contributed by atoms with E-state index < -0.39 is 19.8 Å². The molecule has 0 fully saturated rings. The lowest BCUT2D eigenvalue weighted by Gasteiger charge is -2.16. The molecule has 0 aliphatic heterocycles. The van der Waals surface area contributed by atoms with Crippen molar-refractivity contribution in [1.29, 1.82) is 0 Å². The van der Waals surface area contributed by atoms with Gasteiger partial charge in [0.15, 0.2) is 0 Å². The van der Waals surface area contributed by atoms with Crippen LogP contribution in [0.2, 0.25) is 0 Å². The number of nitrogens with two attached hydrogens (primary N) is 1. The monoisotopic (exact) mass is 395 g/mol. The topological polar surface area (TPSA) is 139 Å². The first-order valence-electron chi connectivity index (χ1n) is 8.08. The van der Waals surface area contributed by atoms with Crippen molar-refractivity contribution in [2.75, 3.05) is 0 Å². The first kappa shape index (κ1) is 20.9. The molecule has 0 aliphatic rings. The third kappa shape index (κ3) is 5.80. The average molecular weight is 395 g/mol. The van der Waals surface area contributed by atoms with Crippen LogP contribution in [0.1, 0.15) is 22.3 Å². The molecule has 0 amide bonds. The highest BCUT2D eigenvalue weighted by Crippen LogP contribution is 2.40. The summed E-state index contributed by atoms with van der Waals surface area (Å²) < 4.78 is 21.5. The molecular formula is C18H22NO7P. The van der Waals surface area contributed by atoms with Crippen LogP contribution in [0.3, 0.4) is 0 Å². The number of carboxylic acid groups (broad SMARTS) is 1. The van der Waals surface area contributed by atoms with Crippen LogP contribution >= 0.6 is 7.82 Å². The van der Waals surface area contributed by atoms with E-state index in [1.54, 1.807) is 19.1 Å². The molecule has 1 atom stereocenters. The highest BCUT2D eigenvalue weighted by atomic mass is 31.2. The Balaban J connectivity index is 2.23. The van der Waals surface area contributed by atoms with Gasteiger partial charge in [0, 0.05) is 0 Å². The van der Waals surface area contributed by atoms with Gasteiger partial charge in [-0.25, -0.2) is 4.57 Å². The molecule has 0 aromatic heterocycles. The van der Waals surface area contributed by atoms with Gasteiger partial charge in [-0.05, 0) is 67.6 Å². The molecule has 2 aromatic rings. The summed E-state index contributed by atoms with van der Waals surface area (Å²) in [5.74, 6) is 0.110. The third-order valence-corrected chi connectivity index (χ3v) is 4.31. The smallest absolute Gasteiger partial charge is 0.480 e. The van der Waals surface area contributed by atoms with Crippen molar-refractivity contribution in [3.8, 4) is 17.2 Å². The van der Waals surface area contributed by atoms with Gasteiger partial charge in [-0.1, -0.05) is 12.1 Å². The molecule has 0 radical (unpaired) electrons. The third-order valence-electron chi connectivity index (χ3n) is 3.88. The number of aryl methyl sites for hydroxylation is 3. The van der Waals surface area contributed by atoms with E-state index >= 15 is 0 Å². The number of hydrogen-bond donors (Lipinski definition) is 4. The van der Waals surface area contributed by atoms with Gasteiger partial charge >= 0.3 is 13.8 Å². The fourth-order valence-corrected chi connectivity index (χ4v) is 3.15. The quantitative estimate of drug-likeness (QED) is 0.525. The zero-order valence-electron chi connectivity index (χ0n) is 15.2. The summed E-state index contributed by atoms with van der Waals surface area (Å²) in [4.78, 5) is 28.7. The minimum Gasteiger partial charge on any atom is -0.480 e. The normalized spacial score (nSPS) is 12.5. The highest BCUT2D eigenvalue weighted by Gasteiger charge is 2.18. The highest BCUT2D eigenvalue weighted by molar-refractivity contribution is 7.46. The molecular weight excluding hydrogens is 373 g/mol. The van der Waals surface area contributed by atoms with Gasteiger partial charge in [0.2, 0.25) is 0 Å². The summed E-state index contributed by atoms with van der Waals surface area (Å²) in [6.07, 6.45) is 0.213. The lowest BCUT2D eigenvalue weighted by atomic mass is 10.0. The van der Waals surface area contributed by atoms with Crippen LogP contribution < -0.4 is 15.0 Å². The minimum absolute atomic E-state index is 0.0714. The van der Waals surface area contributed by atoms with Crippen LogP contribution in [0, 0.1) is 20.8 Å². The van der Waals surface area contributed by atoms with E-state index in [1.165, 1.54) is 6.07 Å². The number of benzene rings is 2. The molecule has 0 spiro atoms. The van der Waals surface area contributed by atoms with Gasteiger partial charge in [0.25, 0.3) is 0 Å². The fourth-order valence-electron chi connectivity index (χ4n) is 2.69. The summed E-state index contributed by atoms with van der Waals surface area (Å²) in [6.45, 7) is 5.33. The Bertz CT molecular complexity index is 884. The van der Waals surface area contributed by atoms with Crippen molar-refractivity contribution in [1.82, 2.24) is 0 Å². The maximum atomic E-state index is 11.0. The van der Waals surface area contributed by atoms with Crippen LogP contribution in [0.5, 0.6) is 17.2 Å². The molecule has 27 heavy (non-hydrogen) atoms. The Morgan fingerprint density at radius 3 is 2.19 bits per heavy atom. The van der Waals surface area contributed by atoms with Crippen LogP contribution in [0.25, 0.3) is 0 Å². The fraction of sp³-hybridized carbons (Fsp3) is 0.278. The van der Waals surface area contributed by atoms with Crippen molar-refractivity contribution in [2.45, 2.75) is 33.2 Å². The predicted octanol–water partition coefficient (Wildman–Crippen LogP) is 2.83. The minimum atomic E-state index is -4.63. The average Bonchev–Trinajstić information content (AvgIpc) is 2.52. The number of phosphoric acid groups is 1. The number of carbonyl (C=O) groups is 1. The van der Waals surface area contributed by atoms with Crippen LogP contribution in [-0.2, 0) is 15.8 Å². The first-order valence-corrected chi connectivity index (χ1v) is 9.61. The zero-order chi connectivity index (χ0) is 20.4. The van der Waals surface area contributed by atoms with Gasteiger partial charge < -0.3 is 20.1 Å². The molecule has 2 aromatic carbocycles. The molecule has 146 valence electrons. The molecule has 0 aliphatic carbocycles. The molecule has 5 N–H and O–H groups in total. The Morgan fingerprint density at radius 1 is 1.11 bits per heavy atom. The lowest BCUT2D eigenvalue weighted by Crippen LogP contribution is -2.32. The second-order valence-electron chi connectivity index (χ2n) is 6.32. The number of hydrogen-bond acceptors (Lipinski definition) is 5. The van der Waals surface area contributed by atoms with Gasteiger partial charge in [-0.15, -0.1) is 0 Å². The molecule has 2 rings (SSSR count). The van der Waals surface area contributed by atoms with E-state index in [-0.39, 0.29) is 12.2 Å². The summed E-state index contributed by atoms with van der Waals surface area (Å²) in [7, 11) is -4.63. The van der Waals surface area contributed by atoms with Crippen LogP contribution in [0.15, 0.2) is 30.3 Å². The Morgan fingerprint density at radius 2 is 1.70 bits per heavy atom. The molecule has 0 heterocycles. The van der Waals surface area contributed by atoms with E-state index in [0.29, 0.717) is 17.1 Å². The second kappa shape index (κ2) is 8.10. The number of ether oxygens (including phenoxy) is 1. The number of aliphatic carboxylic acids is 1. The molecule has 0 saturated heterocycles. The number of rotatable bonds is 7. The van der Waals surface area contributed by atoms with Crippen LogP contribution in [0.4, 0.5) is 0 Å². The van der Waals surface area contributed by atoms with E-state index in [2.05, 4.69) is 4.52 Å². The molecule has 9 heteroatoms. The summed E-state index contributed by atoms with van der Waals surface area (Å²) in [5, 5.41) is 8.94. The van der Waals surface area contributed by atoms with Crippen molar-refractivity contribution in [2.24, 2.45) is 5.73 Å². The van der Waals surface area contributed by atoms with Crippen LogP contribution in [-0.4, -0.2) is 26.9 Å². The first-order chi connectivity index (χ1) is 12.5. The maximum absolute atomic E-state index is 11.0. The number of phosphoric ester groups is 1. The summed E-state index contributed by atoms with van der Waals surface area (Å²) in [6, 6.07) is 7.25. The van der Waals surface area contributed by atoms with Crippen molar-refractivity contribution < 1.29 is 33.5 Å². The van der Waals surface area contributed by atoms with E-state index in [9.17, 15) is 9.36 Å². The molecule has 0 bridgehead atoms. The largest absolute Gasteiger partial charge is 0.524 e.